The van der Waals surface area contributed by atoms with Gasteiger partial charge in [-0.15, -0.1) is 11.3 Å². The smallest absolute Gasteiger partial charge is 0.405 e. The zero-order chi connectivity index (χ0) is 18.5. The van der Waals surface area contributed by atoms with Gasteiger partial charge >= 0.3 is 11.7 Å². The van der Waals surface area contributed by atoms with Gasteiger partial charge in [0.05, 0.1) is 25.5 Å². The Kier molecular flexibility index (Phi) is 5.33. The van der Waals surface area contributed by atoms with E-state index in [1.54, 1.807) is 31.7 Å². The summed E-state index contributed by atoms with van der Waals surface area (Å²) in [6.07, 6.45) is 1.24. The topological polar surface area (TPSA) is 84.6 Å². The first kappa shape index (κ1) is 17.7. The number of thiazole rings is 1. The van der Waals surface area contributed by atoms with E-state index in [9.17, 15) is 10.0 Å². The van der Waals surface area contributed by atoms with Crippen molar-refractivity contribution in [2.75, 3.05) is 14.2 Å². The van der Waals surface area contributed by atoms with Gasteiger partial charge in [0.15, 0.2) is 17.7 Å². The average Bonchev–Trinajstić information content (AvgIpc) is 3.14. The summed E-state index contributed by atoms with van der Waals surface area (Å²) in [5.74, 6) is 0.496. The number of esters is 1. The number of ether oxygens (including phenoxy) is 3. The molecule has 0 saturated carbocycles. The molecule has 0 N–H and O–H groups in total. The summed E-state index contributed by atoms with van der Waals surface area (Å²) in [6, 6.07) is 10.1. The third-order valence-corrected chi connectivity index (χ3v) is 4.49. The molecule has 0 spiro atoms. The molecular weight excluding hydrogens is 356 g/mol. The molecule has 3 rings (SSSR count). The maximum Gasteiger partial charge on any atom is 0.405 e. The lowest BCUT2D eigenvalue weighted by molar-refractivity contribution is -0.608. The van der Waals surface area contributed by atoms with Crippen molar-refractivity contribution in [3.05, 3.63) is 64.6 Å². The first-order valence-electron chi connectivity index (χ1n) is 7.65. The Balaban J connectivity index is 1.75. The predicted molar refractivity (Wildman–Crippen MR) is 95.2 cm³/mol. The lowest BCUT2D eigenvalue weighted by Gasteiger charge is -2.10. The number of carbonyl (C=O) groups excluding carboxylic acids is 1. The van der Waals surface area contributed by atoms with Crippen LogP contribution in [0.3, 0.4) is 0 Å². The van der Waals surface area contributed by atoms with Crippen molar-refractivity contribution in [1.82, 2.24) is 4.98 Å². The minimum Gasteiger partial charge on any atom is -0.618 e. The van der Waals surface area contributed by atoms with Gasteiger partial charge in [-0.2, -0.15) is 4.73 Å². The largest absolute Gasteiger partial charge is 0.618 e. The van der Waals surface area contributed by atoms with Crippen LogP contribution in [0.15, 0.2) is 48.0 Å². The van der Waals surface area contributed by atoms with Gasteiger partial charge in [0.2, 0.25) is 0 Å². The number of rotatable bonds is 6. The zero-order valence-corrected chi connectivity index (χ0v) is 15.0. The molecule has 3 aromatic rings. The van der Waals surface area contributed by atoms with Crippen molar-refractivity contribution >= 4 is 17.3 Å². The maximum atomic E-state index is 12.0. The van der Waals surface area contributed by atoms with Gasteiger partial charge in [-0.3, -0.25) is 0 Å². The average molecular weight is 372 g/mol. The van der Waals surface area contributed by atoms with Crippen LogP contribution in [-0.2, 0) is 11.3 Å². The summed E-state index contributed by atoms with van der Waals surface area (Å²) in [4.78, 5) is 16.5. The molecule has 1 aromatic carbocycles. The highest BCUT2D eigenvalue weighted by molar-refractivity contribution is 7.13. The minimum absolute atomic E-state index is 0.0312. The number of carbonyl (C=O) groups is 1. The molecule has 8 heteroatoms. The number of benzene rings is 1. The maximum absolute atomic E-state index is 12.0. The van der Waals surface area contributed by atoms with E-state index in [2.05, 4.69) is 4.98 Å². The standard InChI is InChI=1S/C18H16N2O5S/c1-23-15-8-5-6-13(16(15)24-2)17-19-12(11-26-17)10-25-18(21)14-7-3-4-9-20(14)22/h3-9,11H,10H2,1-2H3. The molecule has 0 saturated heterocycles. The van der Waals surface area contributed by atoms with E-state index in [0.717, 1.165) is 5.56 Å². The zero-order valence-electron chi connectivity index (χ0n) is 14.2. The van der Waals surface area contributed by atoms with Crippen molar-refractivity contribution < 1.29 is 23.7 Å². The fourth-order valence-electron chi connectivity index (χ4n) is 2.35. The molecule has 0 aliphatic rings. The first-order valence-corrected chi connectivity index (χ1v) is 8.53. The monoisotopic (exact) mass is 372 g/mol. The number of methoxy groups -OCH3 is 2. The van der Waals surface area contributed by atoms with E-state index >= 15 is 0 Å². The summed E-state index contributed by atoms with van der Waals surface area (Å²) in [7, 11) is 3.13. The Labute approximate surface area is 154 Å². The molecule has 0 bridgehead atoms. The number of pyridine rings is 1. The van der Waals surface area contributed by atoms with Gasteiger partial charge in [0.25, 0.3) is 0 Å². The van der Waals surface area contributed by atoms with E-state index < -0.39 is 5.97 Å². The summed E-state index contributed by atoms with van der Waals surface area (Å²) >= 11 is 1.40. The number of hydrogen-bond acceptors (Lipinski definition) is 7. The Morgan fingerprint density at radius 3 is 2.77 bits per heavy atom. The molecule has 0 atom stereocenters. The van der Waals surface area contributed by atoms with Gasteiger partial charge in [-0.25, -0.2) is 9.78 Å². The molecular formula is C18H16N2O5S. The van der Waals surface area contributed by atoms with Crippen LogP contribution in [-0.4, -0.2) is 25.2 Å². The van der Waals surface area contributed by atoms with E-state index in [1.165, 1.54) is 29.7 Å². The second-order valence-corrected chi connectivity index (χ2v) is 6.03. The third kappa shape index (κ3) is 3.60. The summed E-state index contributed by atoms with van der Waals surface area (Å²) in [5, 5.41) is 14.1. The summed E-state index contributed by atoms with van der Waals surface area (Å²) in [6.45, 7) is -0.0312. The summed E-state index contributed by atoms with van der Waals surface area (Å²) in [5.41, 5.74) is 1.30. The predicted octanol–water partition coefficient (Wildman–Crippen LogP) is 2.82. The number of hydrogen-bond donors (Lipinski definition) is 0. The SMILES string of the molecule is COc1cccc(-c2nc(COC(=O)c3cccc[n+]3[O-])cs2)c1OC. The van der Waals surface area contributed by atoms with Gasteiger partial charge in [0.1, 0.15) is 11.6 Å². The number of aromatic nitrogens is 2. The lowest BCUT2D eigenvalue weighted by atomic mass is 10.2. The van der Waals surface area contributed by atoms with Crippen LogP contribution in [0.1, 0.15) is 16.2 Å². The Bertz CT molecular complexity index is 925. The number of para-hydroxylation sites is 1. The Morgan fingerprint density at radius 1 is 1.19 bits per heavy atom. The van der Waals surface area contributed by atoms with Crippen LogP contribution >= 0.6 is 11.3 Å². The van der Waals surface area contributed by atoms with E-state index in [1.807, 2.05) is 12.1 Å². The molecule has 7 nitrogen and oxygen atoms in total. The normalized spacial score (nSPS) is 10.4. The van der Waals surface area contributed by atoms with Crippen LogP contribution in [0.2, 0.25) is 0 Å². The van der Waals surface area contributed by atoms with Gasteiger partial charge < -0.3 is 19.4 Å². The molecule has 0 radical (unpaired) electrons. The van der Waals surface area contributed by atoms with Crippen LogP contribution < -0.4 is 14.2 Å². The molecule has 0 amide bonds. The Hall–Kier alpha value is -3.13. The highest BCUT2D eigenvalue weighted by Gasteiger charge is 2.18. The van der Waals surface area contributed by atoms with Crippen molar-refractivity contribution in [2.45, 2.75) is 6.61 Å². The number of nitrogens with zero attached hydrogens (tertiary/aromatic N) is 2. The quantitative estimate of drug-likeness (QED) is 0.376. The fraction of sp³-hybridized carbons (Fsp3) is 0.167. The molecule has 0 fully saturated rings. The van der Waals surface area contributed by atoms with Crippen LogP contribution in [0.5, 0.6) is 11.5 Å². The molecule has 0 unspecified atom stereocenters. The molecule has 0 aliphatic carbocycles. The van der Waals surface area contributed by atoms with Crippen molar-refractivity contribution in [1.29, 1.82) is 0 Å². The van der Waals surface area contributed by atoms with Gasteiger partial charge in [0, 0.05) is 17.5 Å². The highest BCUT2D eigenvalue weighted by atomic mass is 32.1. The Morgan fingerprint density at radius 2 is 2.04 bits per heavy atom. The molecule has 0 aliphatic heterocycles. The second-order valence-electron chi connectivity index (χ2n) is 5.17. The van der Waals surface area contributed by atoms with E-state index in [-0.39, 0.29) is 12.3 Å². The fourth-order valence-corrected chi connectivity index (χ4v) is 3.18. The van der Waals surface area contributed by atoms with Crippen LogP contribution in [0.25, 0.3) is 10.6 Å². The van der Waals surface area contributed by atoms with Crippen molar-refractivity contribution in [3.8, 4) is 22.1 Å². The minimum atomic E-state index is -0.700. The van der Waals surface area contributed by atoms with Gasteiger partial charge in [-0.1, -0.05) is 6.07 Å². The highest BCUT2D eigenvalue weighted by Crippen LogP contribution is 2.38. The first-order chi connectivity index (χ1) is 12.6. The van der Waals surface area contributed by atoms with Crippen LogP contribution in [0.4, 0.5) is 0 Å². The third-order valence-electron chi connectivity index (χ3n) is 3.57. The molecule has 2 heterocycles. The van der Waals surface area contributed by atoms with E-state index in [0.29, 0.717) is 26.9 Å². The second kappa shape index (κ2) is 7.83. The van der Waals surface area contributed by atoms with Crippen LogP contribution in [0, 0.1) is 5.21 Å². The molecule has 134 valence electrons. The lowest BCUT2D eigenvalue weighted by Crippen LogP contribution is -2.34. The van der Waals surface area contributed by atoms with Crippen molar-refractivity contribution in [3.63, 3.8) is 0 Å². The molecule has 2 aromatic heterocycles. The van der Waals surface area contributed by atoms with E-state index in [4.69, 9.17) is 14.2 Å². The van der Waals surface area contributed by atoms with Gasteiger partial charge in [-0.05, 0) is 18.2 Å². The molecule has 26 heavy (non-hydrogen) atoms. The van der Waals surface area contributed by atoms with Crippen molar-refractivity contribution in [2.24, 2.45) is 0 Å². The summed E-state index contributed by atoms with van der Waals surface area (Å²) < 4.78 is 16.4.